The lowest BCUT2D eigenvalue weighted by atomic mass is 10.0. The Morgan fingerprint density at radius 3 is 2.03 bits per heavy atom. The van der Waals surface area contributed by atoms with Gasteiger partial charge in [-0.2, -0.15) is 0 Å². The van der Waals surface area contributed by atoms with Gasteiger partial charge in [0.15, 0.2) is 0 Å². The Kier molecular flexibility index (Phi) is 11.1. The van der Waals surface area contributed by atoms with Crippen LogP contribution in [-0.2, 0) is 16.0 Å². The van der Waals surface area contributed by atoms with Gasteiger partial charge in [-0.1, -0.05) is 19.1 Å². The molecule has 0 amide bonds. The molecule has 1 aliphatic rings. The minimum absolute atomic E-state index is 0.00681. The van der Waals surface area contributed by atoms with Gasteiger partial charge in [0.1, 0.15) is 0 Å². The van der Waals surface area contributed by atoms with E-state index in [1.54, 1.807) is 0 Å². The van der Waals surface area contributed by atoms with Crippen LogP contribution in [0.4, 0.5) is 5.69 Å². The van der Waals surface area contributed by atoms with E-state index in [-0.39, 0.29) is 19.1 Å². The van der Waals surface area contributed by atoms with Crippen LogP contribution in [0, 0.1) is 0 Å². The number of hydrogen-bond acceptors (Lipinski definition) is 7. The second-order valence-electron chi connectivity index (χ2n) is 9.16. The summed E-state index contributed by atoms with van der Waals surface area (Å²) in [6.45, 7) is 12.0. The lowest BCUT2D eigenvalue weighted by molar-refractivity contribution is -0.139. The van der Waals surface area contributed by atoms with Gasteiger partial charge in [0.25, 0.3) is 0 Å². The van der Waals surface area contributed by atoms with Crippen molar-refractivity contribution in [2.75, 3.05) is 71.2 Å². The molecule has 9 heteroatoms. The maximum absolute atomic E-state index is 11.6. The third-order valence-corrected chi connectivity index (χ3v) is 6.40. The minimum Gasteiger partial charge on any atom is -0.480 e. The monoisotopic (exact) mass is 463 g/mol. The van der Waals surface area contributed by atoms with E-state index in [1.807, 2.05) is 34.1 Å². The highest BCUT2D eigenvalue weighted by molar-refractivity contribution is 5.69. The van der Waals surface area contributed by atoms with Crippen molar-refractivity contribution < 1.29 is 19.8 Å². The van der Waals surface area contributed by atoms with Gasteiger partial charge in [-0.3, -0.25) is 29.2 Å². The minimum atomic E-state index is -0.819. The third kappa shape index (κ3) is 9.67. The molecule has 1 saturated heterocycles. The van der Waals surface area contributed by atoms with Gasteiger partial charge in [0.05, 0.1) is 13.1 Å². The van der Waals surface area contributed by atoms with E-state index >= 15 is 0 Å². The Balaban J connectivity index is 2.30. The molecule has 2 rings (SSSR count). The summed E-state index contributed by atoms with van der Waals surface area (Å²) in [5, 5.41) is 18.9. The summed E-state index contributed by atoms with van der Waals surface area (Å²) < 4.78 is 0. The largest absolute Gasteiger partial charge is 0.480 e. The number of nitrogen functional groups attached to an aromatic ring is 1. The molecule has 0 radical (unpaired) electrons. The molecular weight excluding hydrogens is 422 g/mol. The second kappa shape index (κ2) is 13.5. The van der Waals surface area contributed by atoms with Crippen LogP contribution >= 0.6 is 0 Å². The molecule has 1 aromatic rings. The number of anilines is 1. The molecule has 1 atom stereocenters. The van der Waals surface area contributed by atoms with Gasteiger partial charge in [-0.25, -0.2) is 0 Å². The van der Waals surface area contributed by atoms with Crippen molar-refractivity contribution in [2.45, 2.75) is 39.3 Å². The summed E-state index contributed by atoms with van der Waals surface area (Å²) in [6.07, 6.45) is 0.775. The summed E-state index contributed by atoms with van der Waals surface area (Å²) in [7, 11) is 0. The summed E-state index contributed by atoms with van der Waals surface area (Å²) in [4.78, 5) is 31.8. The SMILES string of the molecule is CCN1CCN(CC(=O)O)CCN(C(C)C)CCN(CC(=O)O)CC1Cc1ccc(N)cc1. The molecule has 186 valence electrons. The fourth-order valence-electron chi connectivity index (χ4n) is 4.46. The van der Waals surface area contributed by atoms with E-state index < -0.39 is 11.9 Å². The smallest absolute Gasteiger partial charge is 0.317 e. The molecule has 0 saturated carbocycles. The zero-order valence-corrected chi connectivity index (χ0v) is 20.3. The van der Waals surface area contributed by atoms with Gasteiger partial charge < -0.3 is 15.9 Å². The standard InChI is InChI=1S/C24H41N5O4/c1-4-28-12-9-26(17-23(30)31)10-13-29(19(2)3)14-11-27(18-24(32)33)16-22(28)15-20-5-7-21(25)8-6-20/h5-8,19,22H,4,9-18,25H2,1-3H3,(H,30,31)(H,32,33). The molecule has 0 bridgehead atoms. The number of carboxylic acids is 2. The van der Waals surface area contributed by atoms with Crippen LogP contribution in [0.3, 0.4) is 0 Å². The zero-order chi connectivity index (χ0) is 24.4. The van der Waals surface area contributed by atoms with Gasteiger partial charge in [0.2, 0.25) is 0 Å². The molecule has 1 aromatic carbocycles. The maximum Gasteiger partial charge on any atom is 0.317 e. The molecule has 0 aliphatic carbocycles. The van der Waals surface area contributed by atoms with E-state index in [0.29, 0.717) is 32.2 Å². The van der Waals surface area contributed by atoms with E-state index in [9.17, 15) is 19.8 Å². The molecule has 1 heterocycles. The second-order valence-corrected chi connectivity index (χ2v) is 9.16. The number of aliphatic carboxylic acids is 2. The first-order chi connectivity index (χ1) is 15.7. The Labute approximate surface area is 197 Å². The highest BCUT2D eigenvalue weighted by atomic mass is 16.4. The first-order valence-corrected chi connectivity index (χ1v) is 11.9. The normalized spacial score (nSPS) is 20.9. The van der Waals surface area contributed by atoms with Crippen LogP contribution in [0.1, 0.15) is 26.3 Å². The molecule has 0 aromatic heterocycles. The topological polar surface area (TPSA) is 114 Å². The number of hydrogen-bond donors (Lipinski definition) is 3. The van der Waals surface area contributed by atoms with Crippen LogP contribution in [0.5, 0.6) is 0 Å². The maximum atomic E-state index is 11.6. The van der Waals surface area contributed by atoms with Crippen molar-refractivity contribution in [1.82, 2.24) is 19.6 Å². The number of carboxylic acid groups (broad SMARTS) is 2. The van der Waals surface area contributed by atoms with Crippen molar-refractivity contribution in [2.24, 2.45) is 0 Å². The Morgan fingerprint density at radius 2 is 1.48 bits per heavy atom. The van der Waals surface area contributed by atoms with Gasteiger partial charge in [-0.15, -0.1) is 0 Å². The Morgan fingerprint density at radius 1 is 0.939 bits per heavy atom. The molecule has 1 fully saturated rings. The number of rotatable bonds is 8. The average molecular weight is 464 g/mol. The number of nitrogens with two attached hydrogens (primary N) is 1. The molecule has 1 aliphatic heterocycles. The van der Waals surface area contributed by atoms with Crippen LogP contribution < -0.4 is 5.73 Å². The molecular formula is C24H41N5O4. The number of carbonyl (C=O) groups is 2. The van der Waals surface area contributed by atoms with E-state index in [1.165, 1.54) is 0 Å². The molecule has 9 nitrogen and oxygen atoms in total. The van der Waals surface area contributed by atoms with Crippen LogP contribution in [-0.4, -0.2) is 119 Å². The third-order valence-electron chi connectivity index (χ3n) is 6.40. The molecule has 33 heavy (non-hydrogen) atoms. The first-order valence-electron chi connectivity index (χ1n) is 11.9. The van der Waals surface area contributed by atoms with Gasteiger partial charge >= 0.3 is 11.9 Å². The molecule has 4 N–H and O–H groups in total. The fourth-order valence-corrected chi connectivity index (χ4v) is 4.46. The quantitative estimate of drug-likeness (QED) is 0.486. The predicted molar refractivity (Wildman–Crippen MR) is 130 cm³/mol. The van der Waals surface area contributed by atoms with E-state index in [4.69, 9.17) is 5.73 Å². The summed E-state index contributed by atoms with van der Waals surface area (Å²) in [5.74, 6) is -1.63. The zero-order valence-electron chi connectivity index (χ0n) is 20.3. The van der Waals surface area contributed by atoms with E-state index in [2.05, 4.69) is 30.6 Å². The van der Waals surface area contributed by atoms with Crippen molar-refractivity contribution >= 4 is 17.6 Å². The van der Waals surface area contributed by atoms with Gasteiger partial charge in [-0.05, 0) is 44.5 Å². The lowest BCUT2D eigenvalue weighted by Crippen LogP contribution is -2.52. The summed E-state index contributed by atoms with van der Waals surface area (Å²) in [6, 6.07) is 8.24. The highest BCUT2D eigenvalue weighted by Crippen LogP contribution is 2.14. The van der Waals surface area contributed by atoms with Crippen LogP contribution in [0.2, 0.25) is 0 Å². The Hall–Kier alpha value is -2.20. The van der Waals surface area contributed by atoms with Crippen LogP contribution in [0.25, 0.3) is 0 Å². The van der Waals surface area contributed by atoms with Gasteiger partial charge in [0, 0.05) is 63.6 Å². The summed E-state index contributed by atoms with van der Waals surface area (Å²) in [5.41, 5.74) is 7.73. The van der Waals surface area contributed by atoms with Crippen molar-refractivity contribution in [1.29, 1.82) is 0 Å². The molecule has 1 unspecified atom stereocenters. The average Bonchev–Trinajstić information content (AvgIpc) is 2.73. The first kappa shape index (κ1) is 27.0. The lowest BCUT2D eigenvalue weighted by Gasteiger charge is -2.38. The fraction of sp³-hybridized carbons (Fsp3) is 0.667. The predicted octanol–water partition coefficient (Wildman–Crippen LogP) is 0.999. The number of nitrogens with zero attached hydrogens (tertiary/aromatic N) is 4. The van der Waals surface area contributed by atoms with Crippen molar-refractivity contribution in [3.05, 3.63) is 29.8 Å². The van der Waals surface area contributed by atoms with Crippen molar-refractivity contribution in [3.63, 3.8) is 0 Å². The number of benzene rings is 1. The van der Waals surface area contributed by atoms with Crippen LogP contribution in [0.15, 0.2) is 24.3 Å². The number of likely N-dealkylation sites (N-methyl/N-ethyl adjacent to an activating group) is 1. The molecule has 0 spiro atoms. The van der Waals surface area contributed by atoms with Crippen molar-refractivity contribution in [3.8, 4) is 0 Å². The Bertz CT molecular complexity index is 743. The van der Waals surface area contributed by atoms with E-state index in [0.717, 1.165) is 43.9 Å². The summed E-state index contributed by atoms with van der Waals surface area (Å²) >= 11 is 0. The highest BCUT2D eigenvalue weighted by Gasteiger charge is 2.25.